The van der Waals surface area contributed by atoms with Crippen LogP contribution >= 0.6 is 0 Å². The van der Waals surface area contributed by atoms with Gasteiger partial charge in [0.15, 0.2) is 0 Å². The van der Waals surface area contributed by atoms with E-state index in [4.69, 9.17) is 5.26 Å². The van der Waals surface area contributed by atoms with Gasteiger partial charge in [-0.1, -0.05) is 0 Å². The first-order chi connectivity index (χ1) is 9.17. The Morgan fingerprint density at radius 1 is 1.47 bits per heavy atom. The van der Waals surface area contributed by atoms with Crippen LogP contribution in [0.4, 0.5) is 11.4 Å². The van der Waals surface area contributed by atoms with E-state index in [-0.39, 0.29) is 11.9 Å². The molecule has 0 saturated carbocycles. The lowest BCUT2D eigenvalue weighted by atomic mass is 10.1. The van der Waals surface area contributed by atoms with Gasteiger partial charge in [-0.2, -0.15) is 5.26 Å². The fourth-order valence-electron chi connectivity index (χ4n) is 2.62. The molecule has 2 unspecified atom stereocenters. The van der Waals surface area contributed by atoms with E-state index in [1.807, 2.05) is 0 Å². The number of hydrogen-bond donors (Lipinski definition) is 1. The summed E-state index contributed by atoms with van der Waals surface area (Å²) in [6, 6.07) is 7.33. The molecule has 1 fully saturated rings. The smallest absolute Gasteiger partial charge is 0.226 e. The second-order valence-corrected chi connectivity index (χ2v) is 6.38. The van der Waals surface area contributed by atoms with Gasteiger partial charge in [-0.05, 0) is 18.2 Å². The van der Waals surface area contributed by atoms with Crippen molar-refractivity contribution >= 4 is 28.1 Å². The predicted octanol–water partition coefficient (Wildman–Crippen LogP) is 0.838. The summed E-state index contributed by atoms with van der Waals surface area (Å²) in [4.78, 5) is 14.0. The number of carbonyl (C=O) groups excluding carboxylic acids is 1. The largest absolute Gasteiger partial charge is 0.364 e. The van der Waals surface area contributed by atoms with Crippen LogP contribution in [0.25, 0.3) is 0 Å². The molecule has 1 amide bonds. The molecule has 2 atom stereocenters. The van der Waals surface area contributed by atoms with Crippen LogP contribution in [0.5, 0.6) is 0 Å². The number of benzene rings is 1. The van der Waals surface area contributed by atoms with Crippen LogP contribution < -0.4 is 10.2 Å². The van der Waals surface area contributed by atoms with Gasteiger partial charge in [-0.25, -0.2) is 0 Å². The van der Waals surface area contributed by atoms with Crippen molar-refractivity contribution in [2.45, 2.75) is 12.5 Å². The van der Waals surface area contributed by atoms with Gasteiger partial charge in [0.05, 0.1) is 23.0 Å². The standard InChI is InChI=1S/C13H13N3O2S/c14-7-9-1-2-11-12(5-9)16-3-4-19(18)8-10(16)6-13(17)15-11/h1-2,5,10H,3-4,6,8H2,(H,15,17). The summed E-state index contributed by atoms with van der Waals surface area (Å²) in [5, 5.41) is 11.9. The van der Waals surface area contributed by atoms with E-state index in [0.717, 1.165) is 11.4 Å². The molecule has 1 saturated heterocycles. The van der Waals surface area contributed by atoms with Crippen molar-refractivity contribution in [3.63, 3.8) is 0 Å². The maximum atomic E-state index is 11.9. The zero-order chi connectivity index (χ0) is 13.4. The maximum Gasteiger partial charge on any atom is 0.226 e. The van der Waals surface area contributed by atoms with E-state index in [0.29, 0.717) is 30.0 Å². The molecular formula is C13H13N3O2S. The Kier molecular flexibility index (Phi) is 2.99. The lowest BCUT2D eigenvalue weighted by molar-refractivity contribution is -0.116. The van der Waals surface area contributed by atoms with Crippen LogP contribution in [0.3, 0.4) is 0 Å². The molecule has 2 aliphatic rings. The average Bonchev–Trinajstić information content (AvgIpc) is 2.52. The summed E-state index contributed by atoms with van der Waals surface area (Å²) in [6.07, 6.45) is 0.350. The number of hydrogen-bond acceptors (Lipinski definition) is 4. The Bertz CT molecular complexity index is 608. The second kappa shape index (κ2) is 4.67. The van der Waals surface area contributed by atoms with Crippen LogP contribution in [-0.2, 0) is 15.6 Å². The molecule has 98 valence electrons. The molecule has 0 aromatic heterocycles. The topological polar surface area (TPSA) is 73.2 Å². The third-order valence-corrected chi connectivity index (χ3v) is 4.90. The summed E-state index contributed by atoms with van der Waals surface area (Å²) >= 11 is 0. The second-order valence-electron chi connectivity index (χ2n) is 4.75. The first kappa shape index (κ1) is 12.2. The lowest BCUT2D eigenvalue weighted by Crippen LogP contribution is -2.47. The highest BCUT2D eigenvalue weighted by molar-refractivity contribution is 7.85. The Labute approximate surface area is 113 Å². The SMILES string of the molecule is N#Cc1ccc2c(c1)N1CCS(=O)CC1CC(=O)N2. The van der Waals surface area contributed by atoms with E-state index in [2.05, 4.69) is 16.3 Å². The van der Waals surface area contributed by atoms with Crippen molar-refractivity contribution in [2.75, 3.05) is 28.3 Å². The maximum absolute atomic E-state index is 11.9. The molecule has 1 aromatic rings. The highest BCUT2D eigenvalue weighted by Crippen LogP contribution is 2.33. The fourth-order valence-corrected chi connectivity index (χ4v) is 3.91. The fraction of sp³-hybridized carbons (Fsp3) is 0.385. The zero-order valence-electron chi connectivity index (χ0n) is 10.3. The molecule has 2 heterocycles. The quantitative estimate of drug-likeness (QED) is 0.761. The van der Waals surface area contributed by atoms with E-state index in [9.17, 15) is 9.00 Å². The molecule has 2 aliphatic heterocycles. The Balaban J connectivity index is 2.07. The van der Waals surface area contributed by atoms with Crippen molar-refractivity contribution in [2.24, 2.45) is 0 Å². The van der Waals surface area contributed by atoms with Gasteiger partial charge in [0, 0.05) is 41.3 Å². The molecule has 5 nitrogen and oxygen atoms in total. The zero-order valence-corrected chi connectivity index (χ0v) is 11.1. The van der Waals surface area contributed by atoms with E-state index >= 15 is 0 Å². The van der Waals surface area contributed by atoms with Crippen molar-refractivity contribution in [3.05, 3.63) is 23.8 Å². The minimum absolute atomic E-state index is 0.0372. The molecule has 0 aliphatic carbocycles. The number of rotatable bonds is 0. The van der Waals surface area contributed by atoms with Crippen molar-refractivity contribution < 1.29 is 9.00 Å². The van der Waals surface area contributed by atoms with Crippen LogP contribution in [0.1, 0.15) is 12.0 Å². The monoisotopic (exact) mass is 275 g/mol. The van der Waals surface area contributed by atoms with Crippen molar-refractivity contribution in [1.29, 1.82) is 5.26 Å². The lowest BCUT2D eigenvalue weighted by Gasteiger charge is -2.35. The molecule has 0 radical (unpaired) electrons. The molecule has 0 bridgehead atoms. The van der Waals surface area contributed by atoms with Gasteiger partial charge in [-0.15, -0.1) is 0 Å². The minimum Gasteiger partial charge on any atom is -0.364 e. The van der Waals surface area contributed by atoms with Gasteiger partial charge in [0.2, 0.25) is 5.91 Å². The molecule has 1 N–H and O–H groups in total. The number of nitrogens with zero attached hydrogens (tertiary/aromatic N) is 2. The minimum atomic E-state index is -0.852. The van der Waals surface area contributed by atoms with Crippen LogP contribution in [0, 0.1) is 11.3 Å². The third-order valence-electron chi connectivity index (χ3n) is 3.51. The van der Waals surface area contributed by atoms with Crippen LogP contribution in [-0.4, -0.2) is 34.2 Å². The Morgan fingerprint density at radius 2 is 2.32 bits per heavy atom. The summed E-state index contributed by atoms with van der Waals surface area (Å²) in [6.45, 7) is 0.661. The summed E-state index contributed by atoms with van der Waals surface area (Å²) in [7, 11) is -0.852. The molecule has 1 aromatic carbocycles. The van der Waals surface area contributed by atoms with Crippen LogP contribution in [0.2, 0.25) is 0 Å². The summed E-state index contributed by atoms with van der Waals surface area (Å²) < 4.78 is 11.7. The van der Waals surface area contributed by atoms with Gasteiger partial charge in [0.1, 0.15) is 0 Å². The number of anilines is 2. The molecule has 6 heteroatoms. The van der Waals surface area contributed by atoms with Gasteiger partial charge in [0.25, 0.3) is 0 Å². The van der Waals surface area contributed by atoms with Crippen molar-refractivity contribution in [1.82, 2.24) is 0 Å². The Hall–Kier alpha value is -1.87. The highest BCUT2D eigenvalue weighted by atomic mass is 32.2. The van der Waals surface area contributed by atoms with E-state index in [1.165, 1.54) is 0 Å². The summed E-state index contributed by atoms with van der Waals surface area (Å²) in [5.74, 6) is 1.07. The Morgan fingerprint density at radius 3 is 3.11 bits per heavy atom. The average molecular weight is 275 g/mol. The molecule has 3 rings (SSSR count). The number of carbonyl (C=O) groups is 1. The number of nitriles is 1. The van der Waals surface area contributed by atoms with E-state index < -0.39 is 10.8 Å². The number of nitrogens with one attached hydrogen (secondary N) is 1. The molecular weight excluding hydrogens is 262 g/mol. The normalized spacial score (nSPS) is 25.6. The van der Waals surface area contributed by atoms with Crippen LogP contribution in [0.15, 0.2) is 18.2 Å². The third kappa shape index (κ3) is 2.22. The number of fused-ring (bicyclic) bond motifs is 3. The van der Waals surface area contributed by atoms with Gasteiger partial charge in [-0.3, -0.25) is 9.00 Å². The van der Waals surface area contributed by atoms with E-state index in [1.54, 1.807) is 18.2 Å². The van der Waals surface area contributed by atoms with Crippen molar-refractivity contribution in [3.8, 4) is 6.07 Å². The number of amides is 1. The predicted molar refractivity (Wildman–Crippen MR) is 73.4 cm³/mol. The highest BCUT2D eigenvalue weighted by Gasteiger charge is 2.32. The van der Waals surface area contributed by atoms with Gasteiger partial charge >= 0.3 is 0 Å². The summed E-state index contributed by atoms with van der Waals surface area (Å²) in [5.41, 5.74) is 2.17. The van der Waals surface area contributed by atoms with Gasteiger partial charge < -0.3 is 10.2 Å². The first-order valence-corrected chi connectivity index (χ1v) is 7.62. The first-order valence-electron chi connectivity index (χ1n) is 6.13. The molecule has 0 spiro atoms. The molecule has 19 heavy (non-hydrogen) atoms.